The number of carbonyl (C=O) groups excluding carboxylic acids is 1. The van der Waals surface area contributed by atoms with E-state index in [1.165, 1.54) is 42.4 Å². The summed E-state index contributed by atoms with van der Waals surface area (Å²) >= 11 is 0. The number of pyridine rings is 1. The molecule has 3 rings (SSSR count). The summed E-state index contributed by atoms with van der Waals surface area (Å²) < 4.78 is 0. The maximum Gasteiger partial charge on any atom is 0.120 e. The Hall–Kier alpha value is -2.22. The van der Waals surface area contributed by atoms with Gasteiger partial charge in [-0.2, -0.15) is 0 Å². The lowest BCUT2D eigenvalue weighted by molar-refractivity contribution is -0.108. The van der Waals surface area contributed by atoms with Gasteiger partial charge in [-0.05, 0) is 80.4 Å². The molecule has 1 heterocycles. The SMILES string of the molecule is C=CCCCc1ccc(-c2ccc(C3CCC(CCC=O)CC3)cc2)nc1. The molecule has 1 aromatic heterocycles. The summed E-state index contributed by atoms with van der Waals surface area (Å²) in [5, 5.41) is 0. The van der Waals surface area contributed by atoms with Crippen LogP contribution in [0.1, 0.15) is 68.4 Å². The van der Waals surface area contributed by atoms with Crippen molar-refractivity contribution in [2.24, 2.45) is 5.92 Å². The molecule has 142 valence electrons. The molecule has 1 aromatic carbocycles. The van der Waals surface area contributed by atoms with Gasteiger partial charge in [0.05, 0.1) is 5.69 Å². The van der Waals surface area contributed by atoms with E-state index in [2.05, 4.69) is 48.0 Å². The molecular formula is C25H31NO. The molecule has 1 aliphatic carbocycles. The monoisotopic (exact) mass is 361 g/mol. The molecule has 0 amide bonds. The van der Waals surface area contributed by atoms with Crippen LogP contribution in [0.4, 0.5) is 0 Å². The van der Waals surface area contributed by atoms with Crippen LogP contribution in [-0.4, -0.2) is 11.3 Å². The summed E-state index contributed by atoms with van der Waals surface area (Å²) in [6, 6.07) is 13.3. The van der Waals surface area contributed by atoms with E-state index in [-0.39, 0.29) is 0 Å². The molecule has 1 aliphatic rings. The number of benzene rings is 1. The molecule has 2 aromatic rings. The van der Waals surface area contributed by atoms with Crippen LogP contribution < -0.4 is 0 Å². The van der Waals surface area contributed by atoms with Gasteiger partial charge >= 0.3 is 0 Å². The minimum absolute atomic E-state index is 0.673. The van der Waals surface area contributed by atoms with Gasteiger partial charge in [0.1, 0.15) is 6.29 Å². The Balaban J connectivity index is 1.56. The number of rotatable bonds is 9. The Morgan fingerprint density at radius 2 is 1.78 bits per heavy atom. The minimum atomic E-state index is 0.673. The summed E-state index contributed by atoms with van der Waals surface area (Å²) in [5.41, 5.74) is 4.99. The smallest absolute Gasteiger partial charge is 0.120 e. The van der Waals surface area contributed by atoms with Crippen molar-refractivity contribution in [1.82, 2.24) is 4.98 Å². The van der Waals surface area contributed by atoms with Crippen molar-refractivity contribution in [3.8, 4) is 11.3 Å². The average molecular weight is 362 g/mol. The van der Waals surface area contributed by atoms with Crippen LogP contribution in [0.5, 0.6) is 0 Å². The van der Waals surface area contributed by atoms with Crippen LogP contribution in [0.2, 0.25) is 0 Å². The van der Waals surface area contributed by atoms with Crippen molar-refractivity contribution in [2.75, 3.05) is 0 Å². The Morgan fingerprint density at radius 3 is 2.41 bits per heavy atom. The lowest BCUT2D eigenvalue weighted by Crippen LogP contribution is -2.13. The van der Waals surface area contributed by atoms with Gasteiger partial charge in [0.25, 0.3) is 0 Å². The molecule has 27 heavy (non-hydrogen) atoms. The third-order valence-corrected chi connectivity index (χ3v) is 5.92. The zero-order valence-corrected chi connectivity index (χ0v) is 16.3. The van der Waals surface area contributed by atoms with Crippen LogP contribution in [0.15, 0.2) is 55.3 Å². The van der Waals surface area contributed by atoms with Gasteiger partial charge in [-0.3, -0.25) is 4.98 Å². The van der Waals surface area contributed by atoms with E-state index in [1.807, 2.05) is 12.3 Å². The van der Waals surface area contributed by atoms with E-state index in [4.69, 9.17) is 0 Å². The van der Waals surface area contributed by atoms with E-state index >= 15 is 0 Å². The summed E-state index contributed by atoms with van der Waals surface area (Å²) in [6.07, 6.45) is 15.1. The Bertz CT molecular complexity index is 709. The molecular weight excluding hydrogens is 330 g/mol. The van der Waals surface area contributed by atoms with Gasteiger partial charge in [0, 0.05) is 18.2 Å². The number of nitrogens with zero attached hydrogens (tertiary/aromatic N) is 1. The Kier molecular flexibility index (Phi) is 7.38. The molecule has 1 fully saturated rings. The normalized spacial score (nSPS) is 19.6. The molecule has 0 atom stereocenters. The summed E-state index contributed by atoms with van der Waals surface area (Å²) in [4.78, 5) is 15.2. The van der Waals surface area contributed by atoms with Crippen LogP contribution in [0.3, 0.4) is 0 Å². The molecule has 2 nitrogen and oxygen atoms in total. The van der Waals surface area contributed by atoms with Crippen molar-refractivity contribution < 1.29 is 4.79 Å². The fourth-order valence-electron chi connectivity index (χ4n) is 4.21. The second-order valence-corrected chi connectivity index (χ2v) is 7.82. The highest BCUT2D eigenvalue weighted by Crippen LogP contribution is 2.37. The topological polar surface area (TPSA) is 30.0 Å². The first kappa shape index (κ1) is 19.5. The lowest BCUT2D eigenvalue weighted by Gasteiger charge is -2.28. The van der Waals surface area contributed by atoms with Gasteiger partial charge in [0.15, 0.2) is 0 Å². The van der Waals surface area contributed by atoms with Crippen LogP contribution >= 0.6 is 0 Å². The second kappa shape index (κ2) is 10.2. The summed E-state index contributed by atoms with van der Waals surface area (Å²) in [6.45, 7) is 3.77. The maximum absolute atomic E-state index is 10.6. The average Bonchev–Trinajstić information content (AvgIpc) is 2.73. The first-order valence-corrected chi connectivity index (χ1v) is 10.4. The Labute approximate surface area is 163 Å². The van der Waals surface area contributed by atoms with Crippen molar-refractivity contribution in [2.45, 2.75) is 63.7 Å². The lowest BCUT2D eigenvalue weighted by atomic mass is 9.77. The Morgan fingerprint density at radius 1 is 1.00 bits per heavy atom. The number of unbranched alkanes of at least 4 members (excludes halogenated alkanes) is 1. The van der Waals surface area contributed by atoms with Crippen molar-refractivity contribution >= 4 is 6.29 Å². The van der Waals surface area contributed by atoms with Gasteiger partial charge in [-0.15, -0.1) is 6.58 Å². The van der Waals surface area contributed by atoms with Crippen molar-refractivity contribution in [1.29, 1.82) is 0 Å². The number of aromatic nitrogens is 1. The third kappa shape index (κ3) is 5.63. The number of aryl methyl sites for hydroxylation is 1. The van der Waals surface area contributed by atoms with Crippen LogP contribution in [0.25, 0.3) is 11.3 Å². The first-order chi connectivity index (χ1) is 13.3. The zero-order valence-electron chi connectivity index (χ0n) is 16.3. The highest BCUT2D eigenvalue weighted by Gasteiger charge is 2.22. The standard InChI is InChI=1S/C25H31NO/c1-2-3-4-6-21-10-17-25(26-19-21)24-15-13-23(14-16-24)22-11-8-20(9-12-22)7-5-18-27/h2,10,13-20,22H,1,3-9,11-12H2. The number of aldehydes is 1. The fourth-order valence-corrected chi connectivity index (χ4v) is 4.21. The minimum Gasteiger partial charge on any atom is -0.303 e. The van der Waals surface area contributed by atoms with Gasteiger partial charge in [-0.1, -0.05) is 36.4 Å². The highest BCUT2D eigenvalue weighted by molar-refractivity contribution is 5.59. The maximum atomic E-state index is 10.6. The largest absolute Gasteiger partial charge is 0.303 e. The van der Waals surface area contributed by atoms with E-state index in [9.17, 15) is 4.79 Å². The highest BCUT2D eigenvalue weighted by atomic mass is 16.1. The molecule has 0 N–H and O–H groups in total. The molecule has 0 spiro atoms. The van der Waals surface area contributed by atoms with Gasteiger partial charge < -0.3 is 4.79 Å². The van der Waals surface area contributed by atoms with Crippen molar-refractivity contribution in [3.05, 3.63) is 66.4 Å². The van der Waals surface area contributed by atoms with E-state index in [1.54, 1.807) is 0 Å². The van der Waals surface area contributed by atoms with Crippen LogP contribution in [-0.2, 0) is 11.2 Å². The van der Waals surface area contributed by atoms with Crippen LogP contribution in [0, 0.1) is 5.92 Å². The molecule has 0 bridgehead atoms. The molecule has 2 heteroatoms. The van der Waals surface area contributed by atoms with Gasteiger partial charge in [0.2, 0.25) is 0 Å². The third-order valence-electron chi connectivity index (χ3n) is 5.92. The van der Waals surface area contributed by atoms with E-state index in [0.29, 0.717) is 5.92 Å². The van der Waals surface area contributed by atoms with E-state index < -0.39 is 0 Å². The zero-order chi connectivity index (χ0) is 18.9. The number of hydrogen-bond donors (Lipinski definition) is 0. The van der Waals surface area contributed by atoms with Crippen molar-refractivity contribution in [3.63, 3.8) is 0 Å². The predicted molar refractivity (Wildman–Crippen MR) is 113 cm³/mol. The quantitative estimate of drug-likeness (QED) is 0.289. The summed E-state index contributed by atoms with van der Waals surface area (Å²) in [7, 11) is 0. The molecule has 0 saturated heterocycles. The van der Waals surface area contributed by atoms with Gasteiger partial charge in [-0.25, -0.2) is 0 Å². The molecule has 0 aliphatic heterocycles. The number of carbonyl (C=O) groups is 1. The molecule has 0 unspecified atom stereocenters. The summed E-state index contributed by atoms with van der Waals surface area (Å²) in [5.74, 6) is 1.42. The number of allylic oxidation sites excluding steroid dienone is 1. The second-order valence-electron chi connectivity index (χ2n) is 7.82. The van der Waals surface area contributed by atoms with E-state index in [0.717, 1.165) is 50.0 Å². The number of hydrogen-bond acceptors (Lipinski definition) is 2. The predicted octanol–water partition coefficient (Wildman–Crippen LogP) is 6.51. The molecule has 0 radical (unpaired) electrons. The molecule has 1 saturated carbocycles. The fraction of sp³-hybridized carbons (Fsp3) is 0.440. The first-order valence-electron chi connectivity index (χ1n) is 10.4.